The number of anilines is 1. The van der Waals surface area contributed by atoms with Crippen molar-refractivity contribution in [2.24, 2.45) is 18.9 Å². The number of aromatic nitrogens is 4. The van der Waals surface area contributed by atoms with Crippen molar-refractivity contribution < 1.29 is 14.7 Å². The predicted molar refractivity (Wildman–Crippen MR) is 61.8 cm³/mol. The number of amides is 2. The molecule has 1 atom stereocenters. The first-order valence-corrected chi connectivity index (χ1v) is 5.41. The summed E-state index contributed by atoms with van der Waals surface area (Å²) in [5.74, 6) is -1.59. The second-order valence-corrected chi connectivity index (χ2v) is 4.13. The molecule has 3 N–H and O–H groups in total. The predicted octanol–water partition coefficient (Wildman–Crippen LogP) is -0.312. The summed E-state index contributed by atoms with van der Waals surface area (Å²) in [5, 5.41) is 24.6. The van der Waals surface area contributed by atoms with Crippen LogP contribution in [0.2, 0.25) is 0 Å². The maximum Gasteiger partial charge on any atom is 0.321 e. The van der Waals surface area contributed by atoms with Gasteiger partial charge in [0.15, 0.2) is 0 Å². The van der Waals surface area contributed by atoms with Gasteiger partial charge in [-0.2, -0.15) is 4.80 Å². The van der Waals surface area contributed by atoms with Gasteiger partial charge < -0.3 is 10.4 Å². The van der Waals surface area contributed by atoms with E-state index in [1.807, 2.05) is 0 Å². The summed E-state index contributed by atoms with van der Waals surface area (Å²) in [7, 11) is 1.56. The summed E-state index contributed by atoms with van der Waals surface area (Å²) >= 11 is 0. The Morgan fingerprint density at radius 3 is 2.56 bits per heavy atom. The second kappa shape index (κ2) is 5.94. The maximum atomic E-state index is 11.4. The number of rotatable bonds is 5. The van der Waals surface area contributed by atoms with E-state index in [4.69, 9.17) is 5.11 Å². The highest BCUT2D eigenvalue weighted by Crippen LogP contribution is 2.09. The van der Waals surface area contributed by atoms with Crippen LogP contribution in [0.5, 0.6) is 0 Å². The average Bonchev–Trinajstić information content (AvgIpc) is 2.62. The number of carbonyl (C=O) groups excluding carboxylic acids is 1. The van der Waals surface area contributed by atoms with E-state index in [-0.39, 0.29) is 18.4 Å². The fraction of sp³-hybridized carbons (Fsp3) is 0.667. The lowest BCUT2D eigenvalue weighted by Gasteiger charge is -2.16. The van der Waals surface area contributed by atoms with E-state index >= 15 is 0 Å². The van der Waals surface area contributed by atoms with Crippen LogP contribution >= 0.6 is 0 Å². The van der Waals surface area contributed by atoms with Crippen LogP contribution < -0.4 is 10.6 Å². The van der Waals surface area contributed by atoms with Crippen LogP contribution in [0.1, 0.15) is 13.8 Å². The summed E-state index contributed by atoms with van der Waals surface area (Å²) in [4.78, 5) is 23.5. The number of urea groups is 1. The van der Waals surface area contributed by atoms with E-state index in [0.29, 0.717) is 0 Å². The minimum atomic E-state index is -0.942. The first kappa shape index (κ1) is 13.9. The third-order valence-corrected chi connectivity index (χ3v) is 2.34. The molecule has 1 aromatic rings. The van der Waals surface area contributed by atoms with Gasteiger partial charge in [-0.3, -0.25) is 10.1 Å². The van der Waals surface area contributed by atoms with Gasteiger partial charge in [0.05, 0.1) is 13.0 Å². The molecule has 0 fully saturated rings. The van der Waals surface area contributed by atoms with Gasteiger partial charge in [-0.25, -0.2) is 4.79 Å². The Morgan fingerprint density at radius 2 is 2.11 bits per heavy atom. The van der Waals surface area contributed by atoms with E-state index in [1.54, 1.807) is 20.9 Å². The molecule has 2 amide bonds. The second-order valence-electron chi connectivity index (χ2n) is 4.13. The number of aliphatic carboxylic acids is 1. The lowest BCUT2D eigenvalue weighted by Crippen LogP contribution is -2.38. The molecule has 0 bridgehead atoms. The fourth-order valence-corrected chi connectivity index (χ4v) is 1.29. The number of nitrogens with zero attached hydrogens (tertiary/aromatic N) is 4. The molecule has 1 rings (SSSR count). The minimum Gasteiger partial charge on any atom is -0.481 e. The SMILES string of the molecule is CC(C)C(CNC(=O)Nc1nnn(C)n1)C(=O)O. The standard InChI is InChI=1S/C9H16N6O3/c1-5(2)6(7(16)17)4-10-9(18)11-8-12-14-15(3)13-8/h5-6H,4H2,1-3H3,(H,16,17)(H2,10,11,13,18). The fourth-order valence-electron chi connectivity index (χ4n) is 1.29. The molecular weight excluding hydrogens is 240 g/mol. The number of nitrogens with one attached hydrogen (secondary N) is 2. The molecule has 0 aliphatic carbocycles. The van der Waals surface area contributed by atoms with Crippen LogP contribution in [0.3, 0.4) is 0 Å². The number of tetrazole rings is 1. The summed E-state index contributed by atoms with van der Waals surface area (Å²) in [6.45, 7) is 3.60. The van der Waals surface area contributed by atoms with E-state index in [2.05, 4.69) is 26.0 Å². The highest BCUT2D eigenvalue weighted by Gasteiger charge is 2.22. The molecule has 9 heteroatoms. The molecule has 0 aliphatic rings. The first-order chi connectivity index (χ1) is 8.40. The van der Waals surface area contributed by atoms with Crippen LogP contribution in [0.4, 0.5) is 10.7 Å². The van der Waals surface area contributed by atoms with Crippen LogP contribution in [-0.4, -0.2) is 43.9 Å². The number of hydrogen-bond donors (Lipinski definition) is 3. The number of aryl methyl sites for hydroxylation is 1. The molecule has 0 aliphatic heterocycles. The van der Waals surface area contributed by atoms with Crippen molar-refractivity contribution in [3.8, 4) is 0 Å². The summed E-state index contributed by atoms with van der Waals surface area (Å²) in [6, 6.07) is -0.560. The highest BCUT2D eigenvalue weighted by atomic mass is 16.4. The quantitative estimate of drug-likeness (QED) is 0.664. The normalized spacial score (nSPS) is 12.2. The number of hydrogen-bond acceptors (Lipinski definition) is 5. The molecule has 1 unspecified atom stereocenters. The maximum absolute atomic E-state index is 11.4. The van der Waals surface area contributed by atoms with Crippen molar-refractivity contribution >= 4 is 17.9 Å². The van der Waals surface area contributed by atoms with Gasteiger partial charge in [-0.05, 0) is 11.1 Å². The van der Waals surface area contributed by atoms with Crippen molar-refractivity contribution in [2.75, 3.05) is 11.9 Å². The molecule has 9 nitrogen and oxygen atoms in total. The Bertz CT molecular complexity index is 430. The van der Waals surface area contributed by atoms with Crippen molar-refractivity contribution in [3.05, 3.63) is 0 Å². The number of carboxylic acids is 1. The Labute approximate surface area is 104 Å². The Hall–Kier alpha value is -2.19. The molecule has 0 spiro atoms. The summed E-state index contributed by atoms with van der Waals surface area (Å²) in [5.41, 5.74) is 0. The molecule has 0 radical (unpaired) electrons. The number of carboxylic acid groups (broad SMARTS) is 1. The topological polar surface area (TPSA) is 122 Å². The van der Waals surface area contributed by atoms with Gasteiger partial charge in [0, 0.05) is 6.54 Å². The lowest BCUT2D eigenvalue weighted by molar-refractivity contribution is -0.142. The van der Waals surface area contributed by atoms with Crippen LogP contribution in [0, 0.1) is 11.8 Å². The molecule has 1 heterocycles. The monoisotopic (exact) mass is 256 g/mol. The zero-order valence-electron chi connectivity index (χ0n) is 10.4. The largest absolute Gasteiger partial charge is 0.481 e. The van der Waals surface area contributed by atoms with Crippen LogP contribution in [0.15, 0.2) is 0 Å². The summed E-state index contributed by atoms with van der Waals surface area (Å²) < 4.78 is 0. The van der Waals surface area contributed by atoms with Crippen molar-refractivity contribution in [2.45, 2.75) is 13.8 Å². The van der Waals surface area contributed by atoms with Crippen LogP contribution in [0.25, 0.3) is 0 Å². The molecule has 0 saturated heterocycles. The third kappa shape index (κ3) is 4.00. The Balaban J connectivity index is 2.43. The van der Waals surface area contributed by atoms with Gasteiger partial charge in [-0.1, -0.05) is 18.9 Å². The van der Waals surface area contributed by atoms with Crippen molar-refractivity contribution in [1.82, 2.24) is 25.5 Å². The smallest absolute Gasteiger partial charge is 0.321 e. The van der Waals surface area contributed by atoms with E-state index in [1.165, 1.54) is 4.80 Å². The molecular formula is C9H16N6O3. The highest BCUT2D eigenvalue weighted by molar-refractivity contribution is 5.87. The molecule has 18 heavy (non-hydrogen) atoms. The zero-order valence-corrected chi connectivity index (χ0v) is 10.4. The number of carbonyl (C=O) groups is 2. The Morgan fingerprint density at radius 1 is 1.44 bits per heavy atom. The minimum absolute atomic E-state index is 0.0408. The van der Waals surface area contributed by atoms with Gasteiger partial charge >= 0.3 is 12.0 Å². The molecule has 0 aromatic carbocycles. The molecule has 0 saturated carbocycles. The van der Waals surface area contributed by atoms with Gasteiger partial charge in [-0.15, -0.1) is 5.10 Å². The van der Waals surface area contributed by atoms with Crippen molar-refractivity contribution in [3.63, 3.8) is 0 Å². The van der Waals surface area contributed by atoms with Gasteiger partial charge in [0.25, 0.3) is 5.95 Å². The third-order valence-electron chi connectivity index (χ3n) is 2.34. The van der Waals surface area contributed by atoms with Crippen molar-refractivity contribution in [1.29, 1.82) is 0 Å². The van der Waals surface area contributed by atoms with Gasteiger partial charge in [0.2, 0.25) is 0 Å². The van der Waals surface area contributed by atoms with E-state index in [9.17, 15) is 9.59 Å². The van der Waals surface area contributed by atoms with E-state index in [0.717, 1.165) is 0 Å². The summed E-state index contributed by atoms with van der Waals surface area (Å²) in [6.07, 6.45) is 0. The first-order valence-electron chi connectivity index (χ1n) is 5.41. The van der Waals surface area contributed by atoms with Gasteiger partial charge in [0.1, 0.15) is 0 Å². The Kier molecular flexibility index (Phi) is 4.58. The average molecular weight is 256 g/mol. The molecule has 1 aromatic heterocycles. The lowest BCUT2D eigenvalue weighted by atomic mass is 9.96. The van der Waals surface area contributed by atoms with E-state index < -0.39 is 17.9 Å². The molecule has 100 valence electrons. The zero-order chi connectivity index (χ0) is 13.7. The van der Waals surface area contributed by atoms with Crippen LogP contribution in [-0.2, 0) is 11.8 Å².